The van der Waals surface area contributed by atoms with Crippen LogP contribution < -0.4 is 10.6 Å². The number of amides is 2. The fraction of sp³-hybridized carbons (Fsp3) is 0.192. The van der Waals surface area contributed by atoms with Crippen molar-refractivity contribution in [1.29, 1.82) is 0 Å². The fourth-order valence-corrected chi connectivity index (χ4v) is 3.58. The molecule has 2 aromatic heterocycles. The van der Waals surface area contributed by atoms with Crippen LogP contribution in [0.15, 0.2) is 71.3 Å². The molecule has 0 unspecified atom stereocenters. The maximum atomic E-state index is 13.4. The molecule has 5 rings (SSSR count). The Hall–Kier alpha value is -4.13. The minimum Gasteiger partial charge on any atom is -0.460 e. The van der Waals surface area contributed by atoms with Gasteiger partial charge in [0.1, 0.15) is 11.5 Å². The zero-order valence-electron chi connectivity index (χ0n) is 18.5. The van der Waals surface area contributed by atoms with E-state index in [0.29, 0.717) is 28.3 Å². The van der Waals surface area contributed by atoms with E-state index in [0.717, 1.165) is 29.9 Å². The number of nitrogens with zero attached hydrogens (tertiary/aromatic N) is 2. The first-order chi connectivity index (χ1) is 16.0. The van der Waals surface area contributed by atoms with Gasteiger partial charge in [0.15, 0.2) is 5.76 Å². The molecular formula is C26H24N4O3. The summed E-state index contributed by atoms with van der Waals surface area (Å²) >= 11 is 0. The van der Waals surface area contributed by atoms with Crippen molar-refractivity contribution in [2.45, 2.75) is 32.7 Å². The van der Waals surface area contributed by atoms with Gasteiger partial charge in [-0.25, -0.2) is 4.68 Å². The molecule has 2 amide bonds. The second kappa shape index (κ2) is 8.43. The number of aryl methyl sites for hydroxylation is 2. The second-order valence-electron chi connectivity index (χ2n) is 8.31. The Balaban J connectivity index is 1.48. The minimum absolute atomic E-state index is 0.128. The lowest BCUT2D eigenvalue weighted by Crippen LogP contribution is -2.25. The van der Waals surface area contributed by atoms with Crippen molar-refractivity contribution in [2.24, 2.45) is 0 Å². The number of aromatic nitrogens is 2. The third-order valence-electron chi connectivity index (χ3n) is 5.61. The van der Waals surface area contributed by atoms with Gasteiger partial charge >= 0.3 is 0 Å². The Labute approximate surface area is 191 Å². The van der Waals surface area contributed by atoms with Crippen molar-refractivity contribution in [3.05, 3.63) is 89.3 Å². The van der Waals surface area contributed by atoms with Crippen molar-refractivity contribution in [3.8, 4) is 17.1 Å². The van der Waals surface area contributed by atoms with Crippen LogP contribution in [0.4, 0.5) is 5.69 Å². The average Bonchev–Trinajstić information content (AvgIpc) is 3.34. The topological polar surface area (TPSA) is 89.2 Å². The number of anilines is 1. The van der Waals surface area contributed by atoms with Crippen LogP contribution in [0.1, 0.15) is 44.9 Å². The molecule has 33 heavy (non-hydrogen) atoms. The Bertz CT molecular complexity index is 1330. The molecule has 1 fully saturated rings. The van der Waals surface area contributed by atoms with Crippen molar-refractivity contribution in [1.82, 2.24) is 15.1 Å². The van der Waals surface area contributed by atoms with Crippen LogP contribution in [0.2, 0.25) is 0 Å². The first kappa shape index (κ1) is 20.8. The molecule has 0 bridgehead atoms. The molecule has 0 atom stereocenters. The molecule has 166 valence electrons. The molecule has 0 aliphatic heterocycles. The standard InChI is InChI=1S/C26H24N4O3/c1-16-8-10-18(25(31)27-19-11-12-19)14-22(16)28-26(32)21-15-30(20-6-4-3-5-7-20)29-24(21)23-13-9-17(2)33-23/h3-10,13-15,19H,11-12H2,1-2H3,(H,27,31)(H,28,32). The number of hydrogen-bond acceptors (Lipinski definition) is 4. The molecule has 0 spiro atoms. The smallest absolute Gasteiger partial charge is 0.259 e. The third kappa shape index (κ3) is 4.43. The minimum atomic E-state index is -0.330. The zero-order chi connectivity index (χ0) is 22.9. The van der Waals surface area contributed by atoms with E-state index in [-0.39, 0.29) is 17.9 Å². The van der Waals surface area contributed by atoms with E-state index in [1.165, 1.54) is 0 Å². The molecular weight excluding hydrogens is 416 g/mol. The number of hydrogen-bond donors (Lipinski definition) is 2. The van der Waals surface area contributed by atoms with Crippen LogP contribution >= 0.6 is 0 Å². The molecule has 1 aliphatic rings. The van der Waals surface area contributed by atoms with Gasteiger partial charge in [-0.05, 0) is 68.7 Å². The summed E-state index contributed by atoms with van der Waals surface area (Å²) in [7, 11) is 0. The van der Waals surface area contributed by atoms with Crippen LogP contribution in [-0.2, 0) is 0 Å². The van der Waals surface area contributed by atoms with E-state index in [1.54, 1.807) is 29.1 Å². The highest BCUT2D eigenvalue weighted by molar-refractivity contribution is 6.08. The highest BCUT2D eigenvalue weighted by Gasteiger charge is 2.25. The molecule has 7 nitrogen and oxygen atoms in total. The molecule has 0 saturated heterocycles. The molecule has 1 aliphatic carbocycles. The number of furan rings is 1. The van der Waals surface area contributed by atoms with Gasteiger partial charge < -0.3 is 15.1 Å². The molecule has 0 radical (unpaired) electrons. The van der Waals surface area contributed by atoms with Crippen molar-refractivity contribution in [2.75, 3.05) is 5.32 Å². The lowest BCUT2D eigenvalue weighted by atomic mass is 10.1. The first-order valence-corrected chi connectivity index (χ1v) is 10.9. The lowest BCUT2D eigenvalue weighted by molar-refractivity contribution is 0.0949. The molecule has 1 saturated carbocycles. The van der Waals surface area contributed by atoms with Crippen molar-refractivity contribution in [3.63, 3.8) is 0 Å². The summed E-state index contributed by atoms with van der Waals surface area (Å²) in [6.45, 7) is 3.74. The van der Waals surface area contributed by atoms with Gasteiger partial charge in [0.2, 0.25) is 0 Å². The normalized spacial score (nSPS) is 13.0. The summed E-state index contributed by atoms with van der Waals surface area (Å²) in [5, 5.41) is 10.6. The number of para-hydroxylation sites is 1. The molecule has 2 N–H and O–H groups in total. The Kier molecular flexibility index (Phi) is 5.30. The summed E-state index contributed by atoms with van der Waals surface area (Å²) in [5.74, 6) is 0.790. The SMILES string of the molecule is Cc1ccc(-c2nn(-c3ccccc3)cc2C(=O)Nc2cc(C(=O)NC3CC3)ccc2C)o1. The number of benzene rings is 2. The molecule has 2 heterocycles. The van der Waals surface area contributed by atoms with Crippen LogP contribution in [-0.4, -0.2) is 27.6 Å². The third-order valence-corrected chi connectivity index (χ3v) is 5.61. The fourth-order valence-electron chi connectivity index (χ4n) is 3.58. The Morgan fingerprint density at radius 1 is 1.00 bits per heavy atom. The predicted octanol–water partition coefficient (Wildman–Crippen LogP) is 4.89. The van der Waals surface area contributed by atoms with Crippen LogP contribution in [0.3, 0.4) is 0 Å². The largest absolute Gasteiger partial charge is 0.460 e. The Morgan fingerprint density at radius 3 is 2.48 bits per heavy atom. The van der Waals surface area contributed by atoms with Crippen molar-refractivity contribution >= 4 is 17.5 Å². The van der Waals surface area contributed by atoms with E-state index in [2.05, 4.69) is 15.7 Å². The van der Waals surface area contributed by atoms with E-state index < -0.39 is 0 Å². The van der Waals surface area contributed by atoms with Gasteiger partial charge in [0.05, 0.1) is 11.3 Å². The summed E-state index contributed by atoms with van der Waals surface area (Å²) in [6, 6.07) is 18.8. The number of carbonyl (C=O) groups excluding carboxylic acids is 2. The van der Waals surface area contributed by atoms with E-state index in [1.807, 2.05) is 56.3 Å². The number of carbonyl (C=O) groups is 2. The van der Waals surface area contributed by atoms with Gasteiger partial charge in [-0.15, -0.1) is 0 Å². The predicted molar refractivity (Wildman–Crippen MR) is 126 cm³/mol. The summed E-state index contributed by atoms with van der Waals surface area (Å²) in [4.78, 5) is 25.8. The van der Waals surface area contributed by atoms with Gasteiger partial charge in [-0.2, -0.15) is 5.10 Å². The quantitative estimate of drug-likeness (QED) is 0.447. The molecule has 2 aromatic carbocycles. The van der Waals surface area contributed by atoms with E-state index in [4.69, 9.17) is 4.42 Å². The van der Waals surface area contributed by atoms with Gasteiger partial charge in [-0.3, -0.25) is 9.59 Å². The first-order valence-electron chi connectivity index (χ1n) is 10.9. The Morgan fingerprint density at radius 2 is 1.79 bits per heavy atom. The maximum Gasteiger partial charge on any atom is 0.259 e. The molecule has 7 heteroatoms. The highest BCUT2D eigenvalue weighted by Crippen LogP contribution is 2.27. The monoisotopic (exact) mass is 440 g/mol. The average molecular weight is 441 g/mol. The summed E-state index contributed by atoms with van der Waals surface area (Å²) in [6.07, 6.45) is 3.72. The van der Waals surface area contributed by atoms with Gasteiger partial charge in [0, 0.05) is 23.5 Å². The second-order valence-corrected chi connectivity index (χ2v) is 8.31. The molecule has 4 aromatic rings. The van der Waals surface area contributed by atoms with Crippen LogP contribution in [0.25, 0.3) is 17.1 Å². The van der Waals surface area contributed by atoms with Crippen LogP contribution in [0.5, 0.6) is 0 Å². The van der Waals surface area contributed by atoms with Gasteiger partial charge in [-0.1, -0.05) is 24.3 Å². The summed E-state index contributed by atoms with van der Waals surface area (Å²) < 4.78 is 7.43. The maximum absolute atomic E-state index is 13.4. The number of nitrogens with one attached hydrogen (secondary N) is 2. The van der Waals surface area contributed by atoms with E-state index >= 15 is 0 Å². The van der Waals surface area contributed by atoms with Gasteiger partial charge in [0.25, 0.3) is 11.8 Å². The van der Waals surface area contributed by atoms with Crippen LogP contribution in [0, 0.1) is 13.8 Å². The van der Waals surface area contributed by atoms with Crippen molar-refractivity contribution < 1.29 is 14.0 Å². The summed E-state index contributed by atoms with van der Waals surface area (Å²) in [5.41, 5.74) is 3.61. The lowest BCUT2D eigenvalue weighted by Gasteiger charge is -2.11. The van der Waals surface area contributed by atoms with E-state index in [9.17, 15) is 9.59 Å². The highest BCUT2D eigenvalue weighted by atomic mass is 16.3. The number of rotatable bonds is 6. The zero-order valence-corrected chi connectivity index (χ0v) is 18.5.